The van der Waals surface area contributed by atoms with Crippen LogP contribution < -0.4 is 0 Å². The van der Waals surface area contributed by atoms with E-state index >= 15 is 0 Å². The molecule has 0 rings (SSSR count). The third-order valence-electron chi connectivity index (χ3n) is 17.0. The molecule has 0 N–H and O–H groups in total. The van der Waals surface area contributed by atoms with Crippen LogP contribution in [0.5, 0.6) is 0 Å². The molecular formula is C74H142O6. The summed E-state index contributed by atoms with van der Waals surface area (Å²) in [6.07, 6.45) is 84.1. The standard InChI is InChI=1S/C74H142O6/c1-4-7-10-13-16-19-22-24-26-28-30-32-34-36-37-38-40-41-43-45-47-49-52-55-58-61-64-67-73(76)79-70-71(69-78-72(75)66-63-60-57-54-51-21-18-15-12-9-6-3)80-74(77)68-65-62-59-56-53-50-48-46-44-42-39-35-33-31-29-27-25-23-20-17-14-11-8-5-2/h15,18,71H,4-14,16-17,19-70H2,1-3H3/b18-15-. The van der Waals surface area contributed by atoms with Gasteiger partial charge in [0.25, 0.3) is 0 Å². The number of hydrogen-bond donors (Lipinski definition) is 0. The number of allylic oxidation sites excluding steroid dienone is 2. The second kappa shape index (κ2) is 69.6. The topological polar surface area (TPSA) is 78.9 Å². The summed E-state index contributed by atoms with van der Waals surface area (Å²) >= 11 is 0. The molecular weight excluding hydrogens is 985 g/mol. The zero-order valence-corrected chi connectivity index (χ0v) is 54.6. The first-order valence-electron chi connectivity index (χ1n) is 36.7. The molecule has 474 valence electrons. The van der Waals surface area contributed by atoms with Crippen LogP contribution >= 0.6 is 0 Å². The molecule has 0 saturated heterocycles. The van der Waals surface area contributed by atoms with Crippen LogP contribution in [0.2, 0.25) is 0 Å². The highest BCUT2D eigenvalue weighted by Crippen LogP contribution is 2.20. The fraction of sp³-hybridized carbons (Fsp3) is 0.932. The molecule has 0 aliphatic carbocycles. The molecule has 0 fully saturated rings. The van der Waals surface area contributed by atoms with Gasteiger partial charge in [0.15, 0.2) is 6.10 Å². The van der Waals surface area contributed by atoms with E-state index in [4.69, 9.17) is 14.2 Å². The molecule has 6 heteroatoms. The fourth-order valence-electron chi connectivity index (χ4n) is 11.5. The van der Waals surface area contributed by atoms with E-state index in [0.717, 1.165) is 64.2 Å². The number of carbonyl (C=O) groups excluding carboxylic acids is 3. The molecule has 0 aliphatic rings. The number of rotatable bonds is 69. The normalized spacial score (nSPS) is 12.0. The van der Waals surface area contributed by atoms with Crippen LogP contribution in [0.25, 0.3) is 0 Å². The van der Waals surface area contributed by atoms with Crippen molar-refractivity contribution in [2.24, 2.45) is 0 Å². The van der Waals surface area contributed by atoms with E-state index in [1.54, 1.807) is 0 Å². The summed E-state index contributed by atoms with van der Waals surface area (Å²) in [6, 6.07) is 0. The molecule has 0 heterocycles. The summed E-state index contributed by atoms with van der Waals surface area (Å²) in [5.74, 6) is -0.841. The van der Waals surface area contributed by atoms with Crippen molar-refractivity contribution in [1.82, 2.24) is 0 Å². The predicted octanol–water partition coefficient (Wildman–Crippen LogP) is 25.2. The van der Waals surface area contributed by atoms with E-state index in [9.17, 15) is 14.4 Å². The van der Waals surface area contributed by atoms with Crippen molar-refractivity contribution in [2.45, 2.75) is 431 Å². The minimum Gasteiger partial charge on any atom is -0.462 e. The number of ether oxygens (including phenoxy) is 3. The van der Waals surface area contributed by atoms with E-state index in [-0.39, 0.29) is 31.1 Å². The van der Waals surface area contributed by atoms with E-state index in [1.807, 2.05) is 0 Å². The van der Waals surface area contributed by atoms with Crippen molar-refractivity contribution in [3.63, 3.8) is 0 Å². The third kappa shape index (κ3) is 66.9. The van der Waals surface area contributed by atoms with Crippen LogP contribution in [0, 0.1) is 0 Å². The van der Waals surface area contributed by atoms with Crippen LogP contribution in [0.15, 0.2) is 12.2 Å². The predicted molar refractivity (Wildman–Crippen MR) is 349 cm³/mol. The maximum absolute atomic E-state index is 12.9. The van der Waals surface area contributed by atoms with Crippen LogP contribution in [-0.4, -0.2) is 37.2 Å². The molecule has 0 aliphatic heterocycles. The van der Waals surface area contributed by atoms with Gasteiger partial charge in [0, 0.05) is 19.3 Å². The Hall–Kier alpha value is -1.85. The van der Waals surface area contributed by atoms with E-state index in [2.05, 4.69) is 32.9 Å². The van der Waals surface area contributed by atoms with Gasteiger partial charge >= 0.3 is 17.9 Å². The van der Waals surface area contributed by atoms with Gasteiger partial charge < -0.3 is 14.2 Å². The van der Waals surface area contributed by atoms with Gasteiger partial charge in [0.1, 0.15) is 13.2 Å². The lowest BCUT2D eigenvalue weighted by molar-refractivity contribution is -0.167. The Morgan fingerprint density at radius 2 is 0.425 bits per heavy atom. The van der Waals surface area contributed by atoms with E-state index in [0.29, 0.717) is 19.3 Å². The summed E-state index contributed by atoms with van der Waals surface area (Å²) in [5, 5.41) is 0. The number of esters is 3. The smallest absolute Gasteiger partial charge is 0.306 e. The average Bonchev–Trinajstić information content (AvgIpc) is 3.46. The van der Waals surface area contributed by atoms with Crippen LogP contribution in [0.3, 0.4) is 0 Å². The lowest BCUT2D eigenvalue weighted by Crippen LogP contribution is -2.30. The molecule has 0 bridgehead atoms. The molecule has 6 nitrogen and oxygen atoms in total. The van der Waals surface area contributed by atoms with Crippen molar-refractivity contribution in [3.8, 4) is 0 Å². The van der Waals surface area contributed by atoms with Gasteiger partial charge in [-0.15, -0.1) is 0 Å². The first-order chi connectivity index (χ1) is 39.5. The van der Waals surface area contributed by atoms with Crippen molar-refractivity contribution in [3.05, 3.63) is 12.2 Å². The molecule has 1 atom stereocenters. The lowest BCUT2D eigenvalue weighted by Gasteiger charge is -2.18. The molecule has 0 aromatic heterocycles. The molecule has 0 aromatic rings. The van der Waals surface area contributed by atoms with Gasteiger partial charge in [-0.2, -0.15) is 0 Å². The van der Waals surface area contributed by atoms with Gasteiger partial charge in [0.05, 0.1) is 0 Å². The van der Waals surface area contributed by atoms with Crippen molar-refractivity contribution >= 4 is 17.9 Å². The van der Waals surface area contributed by atoms with Gasteiger partial charge in [-0.25, -0.2) is 0 Å². The third-order valence-corrected chi connectivity index (χ3v) is 17.0. The fourth-order valence-corrected chi connectivity index (χ4v) is 11.5. The number of unbranched alkanes of at least 4 members (excludes halogenated alkanes) is 56. The maximum Gasteiger partial charge on any atom is 0.306 e. The Bertz CT molecular complexity index is 1250. The maximum atomic E-state index is 12.9. The summed E-state index contributed by atoms with van der Waals surface area (Å²) in [4.78, 5) is 38.4. The number of hydrogen-bond acceptors (Lipinski definition) is 6. The van der Waals surface area contributed by atoms with Crippen molar-refractivity contribution < 1.29 is 28.6 Å². The average molecular weight is 1130 g/mol. The molecule has 0 saturated carbocycles. The minimum atomic E-state index is -0.769. The Kier molecular flexibility index (Phi) is 68.0. The Morgan fingerprint density at radius 3 is 0.662 bits per heavy atom. The van der Waals surface area contributed by atoms with E-state index < -0.39 is 6.10 Å². The molecule has 0 amide bonds. The highest BCUT2D eigenvalue weighted by Gasteiger charge is 2.20. The monoisotopic (exact) mass is 1130 g/mol. The van der Waals surface area contributed by atoms with Crippen molar-refractivity contribution in [2.75, 3.05) is 13.2 Å². The molecule has 1 unspecified atom stereocenters. The second-order valence-electron chi connectivity index (χ2n) is 25.2. The number of carbonyl (C=O) groups is 3. The Balaban J connectivity index is 4.12. The van der Waals surface area contributed by atoms with Gasteiger partial charge in [-0.1, -0.05) is 380 Å². The highest BCUT2D eigenvalue weighted by molar-refractivity contribution is 5.71. The summed E-state index contributed by atoms with van der Waals surface area (Å²) < 4.78 is 17.0. The second-order valence-corrected chi connectivity index (χ2v) is 25.2. The Morgan fingerprint density at radius 1 is 0.237 bits per heavy atom. The lowest BCUT2D eigenvalue weighted by atomic mass is 10.0. The minimum absolute atomic E-state index is 0.0658. The van der Waals surface area contributed by atoms with Gasteiger partial charge in [-0.05, 0) is 38.5 Å². The van der Waals surface area contributed by atoms with Gasteiger partial charge in [0.2, 0.25) is 0 Å². The SMILES string of the molecule is CCCC/C=C\CCCCCCCC(=O)OCC(COC(=O)CCCCCCCCCCCCCCCCCCCCCCCCCCCCC)OC(=O)CCCCCCCCCCCCCCCCCCCCCCCCCC. The van der Waals surface area contributed by atoms with Crippen molar-refractivity contribution in [1.29, 1.82) is 0 Å². The van der Waals surface area contributed by atoms with E-state index in [1.165, 1.54) is 321 Å². The molecule has 0 radical (unpaired) electrons. The van der Waals surface area contributed by atoms with Gasteiger partial charge in [-0.3, -0.25) is 14.4 Å². The van der Waals surface area contributed by atoms with Crippen LogP contribution in [0.1, 0.15) is 425 Å². The molecule has 80 heavy (non-hydrogen) atoms. The summed E-state index contributed by atoms with van der Waals surface area (Å²) in [7, 11) is 0. The largest absolute Gasteiger partial charge is 0.462 e. The first-order valence-corrected chi connectivity index (χ1v) is 36.7. The molecule has 0 aromatic carbocycles. The molecule has 0 spiro atoms. The summed E-state index contributed by atoms with van der Waals surface area (Å²) in [5.41, 5.74) is 0. The van der Waals surface area contributed by atoms with Crippen LogP contribution in [-0.2, 0) is 28.6 Å². The summed E-state index contributed by atoms with van der Waals surface area (Å²) in [6.45, 7) is 6.69. The van der Waals surface area contributed by atoms with Crippen LogP contribution in [0.4, 0.5) is 0 Å². The Labute approximate surface area is 501 Å². The highest BCUT2D eigenvalue weighted by atomic mass is 16.6. The zero-order valence-electron chi connectivity index (χ0n) is 54.6. The quantitative estimate of drug-likeness (QED) is 0.0261. The zero-order chi connectivity index (χ0) is 57.8. The first kappa shape index (κ1) is 78.1.